The van der Waals surface area contributed by atoms with Crippen molar-refractivity contribution in [3.8, 4) is 0 Å². The molecule has 0 fully saturated rings. The summed E-state index contributed by atoms with van der Waals surface area (Å²) in [7, 11) is 0. The summed E-state index contributed by atoms with van der Waals surface area (Å²) >= 11 is 6.44. The van der Waals surface area contributed by atoms with Gasteiger partial charge in [-0.3, -0.25) is 25.8 Å². The van der Waals surface area contributed by atoms with Crippen LogP contribution in [0.5, 0.6) is 0 Å². The summed E-state index contributed by atoms with van der Waals surface area (Å²) in [4.78, 5) is 0. The quantitative estimate of drug-likeness (QED) is 0.556. The van der Waals surface area contributed by atoms with Gasteiger partial charge in [0.15, 0.2) is 0 Å². The highest BCUT2D eigenvalue weighted by molar-refractivity contribution is 9.47. The zero-order chi connectivity index (χ0) is 5.41. The van der Waals surface area contributed by atoms with Crippen LogP contribution >= 0.6 is 25.8 Å². The summed E-state index contributed by atoms with van der Waals surface area (Å²) in [5, 5.41) is 0. The molecule has 34 valence electrons. The van der Waals surface area contributed by atoms with Crippen molar-refractivity contribution >= 4 is 41.8 Å². The SMILES string of the molecule is [Br][Mg][Br].[CH2]C[CH2]. The topological polar surface area (TPSA) is 0 Å². The largest absolute Gasteiger partial charge is 0.560 e. The van der Waals surface area contributed by atoms with Crippen LogP contribution in [0.1, 0.15) is 6.42 Å². The van der Waals surface area contributed by atoms with Crippen molar-refractivity contribution in [1.29, 1.82) is 0 Å². The summed E-state index contributed by atoms with van der Waals surface area (Å²) in [5.74, 6) is 0. The molecule has 0 aliphatic heterocycles. The Morgan fingerprint density at radius 2 is 1.33 bits per heavy atom. The Labute approximate surface area is 61.5 Å². The van der Waals surface area contributed by atoms with Crippen LogP contribution in [0, 0.1) is 13.8 Å². The first kappa shape index (κ1) is 10.7. The standard InChI is InChI=1S/C3H6.2BrH.Mg/c1-3-2;;;/h1-3H2;2*1H;/q;;;+2/p-2. The summed E-state index contributed by atoms with van der Waals surface area (Å²) in [6.45, 7) is 6.75. The Morgan fingerprint density at radius 1 is 1.33 bits per heavy atom. The Balaban J connectivity index is 0. The van der Waals surface area contributed by atoms with Crippen LogP contribution in [0.3, 0.4) is 0 Å². The molecule has 0 bridgehead atoms. The van der Waals surface area contributed by atoms with Gasteiger partial charge in [0.25, 0.3) is 0 Å². The maximum Gasteiger partial charge on any atom is 0.560 e. The molecule has 0 atom stereocenters. The number of halogens is 2. The van der Waals surface area contributed by atoms with Gasteiger partial charge >= 0.3 is 16.0 Å². The molecule has 0 aromatic heterocycles. The molecule has 2 radical (unpaired) electrons. The highest BCUT2D eigenvalue weighted by Crippen LogP contribution is 1.77. The van der Waals surface area contributed by atoms with Gasteiger partial charge in [-0.25, -0.2) is 0 Å². The molecule has 0 aliphatic rings. The van der Waals surface area contributed by atoms with E-state index in [0.29, 0.717) is 0 Å². The Hall–Kier alpha value is 1.73. The fourth-order valence-electron chi connectivity index (χ4n) is 0. The minimum absolute atomic E-state index is 0.0417. The summed E-state index contributed by atoms with van der Waals surface area (Å²) in [6.07, 6.45) is 0.750. The number of rotatable bonds is 0. The molecular weight excluding hydrogens is 220 g/mol. The lowest BCUT2D eigenvalue weighted by molar-refractivity contribution is 1.41. The van der Waals surface area contributed by atoms with Crippen LogP contribution in [0.4, 0.5) is 0 Å². The van der Waals surface area contributed by atoms with E-state index in [4.69, 9.17) is 0 Å². The molecule has 3 heteroatoms. The predicted molar refractivity (Wildman–Crippen MR) is 38.9 cm³/mol. The van der Waals surface area contributed by atoms with Crippen LogP contribution < -0.4 is 0 Å². The van der Waals surface area contributed by atoms with Gasteiger partial charge in [-0.15, -0.1) is 0 Å². The van der Waals surface area contributed by atoms with Gasteiger partial charge in [-0.1, -0.05) is 20.3 Å². The van der Waals surface area contributed by atoms with Gasteiger partial charge < -0.3 is 0 Å². The first-order valence-electron chi connectivity index (χ1n) is 1.53. The Morgan fingerprint density at radius 3 is 1.33 bits per heavy atom. The van der Waals surface area contributed by atoms with Crippen molar-refractivity contribution in [2.75, 3.05) is 0 Å². The second-order valence-corrected chi connectivity index (χ2v) is 8.54. The third-order valence-electron chi connectivity index (χ3n) is 0. The van der Waals surface area contributed by atoms with Crippen molar-refractivity contribution in [3.05, 3.63) is 13.8 Å². The van der Waals surface area contributed by atoms with E-state index < -0.39 is 0 Å². The molecule has 0 nitrogen and oxygen atoms in total. The van der Waals surface area contributed by atoms with Crippen LogP contribution in [0.25, 0.3) is 0 Å². The minimum atomic E-state index is 0.0417. The third-order valence-corrected chi connectivity index (χ3v) is 0. The zero-order valence-electron chi connectivity index (χ0n) is 3.58. The van der Waals surface area contributed by atoms with E-state index in [1.54, 1.807) is 0 Å². The molecule has 0 aromatic carbocycles. The van der Waals surface area contributed by atoms with Crippen molar-refractivity contribution in [2.45, 2.75) is 6.42 Å². The van der Waals surface area contributed by atoms with Gasteiger partial charge in [0.1, 0.15) is 0 Å². The van der Waals surface area contributed by atoms with Crippen molar-refractivity contribution in [3.63, 3.8) is 0 Å². The van der Waals surface area contributed by atoms with E-state index in [2.05, 4.69) is 39.6 Å². The molecule has 6 heavy (non-hydrogen) atoms. The monoisotopic (exact) mass is 224 g/mol. The molecule has 0 rings (SSSR count). The second-order valence-electron chi connectivity index (χ2n) is 0.455. The molecule has 0 heterocycles. The van der Waals surface area contributed by atoms with Gasteiger partial charge in [0.05, 0.1) is 0 Å². The number of hydrogen-bond acceptors (Lipinski definition) is 0. The van der Waals surface area contributed by atoms with Crippen LogP contribution in [0.15, 0.2) is 0 Å². The summed E-state index contributed by atoms with van der Waals surface area (Å²) in [6, 6.07) is 0. The maximum atomic E-state index is 3.38. The highest BCUT2D eigenvalue weighted by Gasteiger charge is 1.62. The van der Waals surface area contributed by atoms with Gasteiger partial charge in [-0.05, 0) is 0 Å². The average molecular weight is 226 g/mol. The van der Waals surface area contributed by atoms with Crippen LogP contribution in [0.2, 0.25) is 0 Å². The summed E-state index contributed by atoms with van der Waals surface area (Å²) < 4.78 is 0. The highest BCUT2D eigenvalue weighted by atomic mass is 79.9. The van der Waals surface area contributed by atoms with E-state index >= 15 is 0 Å². The van der Waals surface area contributed by atoms with Crippen molar-refractivity contribution in [1.82, 2.24) is 0 Å². The molecule has 0 aromatic rings. The maximum absolute atomic E-state index is 3.38. The van der Waals surface area contributed by atoms with E-state index in [1.807, 2.05) is 0 Å². The molecular formula is C3H6Br2Mg. The lowest BCUT2D eigenvalue weighted by atomic mass is 10.6. The van der Waals surface area contributed by atoms with E-state index in [-0.39, 0.29) is 16.0 Å². The average Bonchev–Trinajstić information content (AvgIpc) is 1.39. The zero-order valence-corrected chi connectivity index (χ0v) is 8.17. The van der Waals surface area contributed by atoms with Crippen LogP contribution in [-0.2, 0) is 0 Å². The summed E-state index contributed by atoms with van der Waals surface area (Å²) in [5.41, 5.74) is 0. The third kappa shape index (κ3) is 42.9. The second kappa shape index (κ2) is 15.9. The first-order chi connectivity index (χ1) is 2.83. The molecule has 0 spiro atoms. The van der Waals surface area contributed by atoms with E-state index in [1.165, 1.54) is 0 Å². The fraction of sp³-hybridized carbons (Fsp3) is 0.333. The van der Waals surface area contributed by atoms with Gasteiger partial charge in [0, 0.05) is 0 Å². The fourth-order valence-corrected chi connectivity index (χ4v) is 0. The smallest absolute Gasteiger partial charge is 0.280 e. The van der Waals surface area contributed by atoms with Gasteiger partial charge in [0.2, 0.25) is 0 Å². The Bertz CT molecular complexity index is 10.8. The first-order valence-corrected chi connectivity index (χ1v) is 9.33. The Kier molecular flexibility index (Phi) is 28.2. The molecule has 0 unspecified atom stereocenters. The molecule has 0 saturated heterocycles. The van der Waals surface area contributed by atoms with Crippen molar-refractivity contribution < 1.29 is 0 Å². The lowest BCUT2D eigenvalue weighted by Gasteiger charge is -1.47. The molecule has 0 aliphatic carbocycles. The normalized spacial score (nSPS) is 4.67. The number of hydrogen-bond donors (Lipinski definition) is 0. The molecule has 0 amide bonds. The van der Waals surface area contributed by atoms with Crippen molar-refractivity contribution in [2.24, 2.45) is 0 Å². The molecule has 0 saturated carbocycles. The lowest BCUT2D eigenvalue weighted by Crippen LogP contribution is -1.31. The molecule has 0 N–H and O–H groups in total. The minimum Gasteiger partial charge on any atom is -0.280 e. The predicted octanol–water partition coefficient (Wildman–Crippen LogP) is 2.36. The van der Waals surface area contributed by atoms with Crippen LogP contribution in [-0.4, -0.2) is 16.0 Å². The van der Waals surface area contributed by atoms with Gasteiger partial charge in [-0.2, -0.15) is 0 Å². The van der Waals surface area contributed by atoms with E-state index in [0.717, 1.165) is 6.42 Å². The van der Waals surface area contributed by atoms with E-state index in [9.17, 15) is 0 Å².